The smallest absolute Gasteiger partial charge is 0.238 e. The van der Waals surface area contributed by atoms with Gasteiger partial charge >= 0.3 is 0 Å². The quantitative estimate of drug-likeness (QED) is 0.187. The molecule has 0 atom stereocenters. The molecule has 0 unspecified atom stereocenters. The van der Waals surface area contributed by atoms with Crippen molar-refractivity contribution >= 4 is 43.6 Å². The van der Waals surface area contributed by atoms with E-state index in [1.165, 1.54) is 0 Å². The summed E-state index contributed by atoms with van der Waals surface area (Å²) in [6.07, 6.45) is 0. The lowest BCUT2D eigenvalue weighted by molar-refractivity contribution is 0.955. The summed E-state index contributed by atoms with van der Waals surface area (Å²) >= 11 is 0. The fourth-order valence-electron chi connectivity index (χ4n) is 7.18. The van der Waals surface area contributed by atoms with Crippen molar-refractivity contribution in [2.75, 3.05) is 0 Å². The summed E-state index contributed by atoms with van der Waals surface area (Å²) in [5.74, 6) is 0.533. The lowest BCUT2D eigenvalue weighted by Gasteiger charge is -2.13. The molecule has 5 heteroatoms. The van der Waals surface area contributed by atoms with Crippen LogP contribution in [0.5, 0.6) is 0 Å². The molecule has 0 aliphatic carbocycles. The van der Waals surface area contributed by atoms with Gasteiger partial charge in [-0.15, -0.1) is 0 Å². The molecule has 0 aliphatic rings. The van der Waals surface area contributed by atoms with Crippen LogP contribution in [-0.4, -0.2) is 24.1 Å². The molecule has 3 aromatic heterocycles. The van der Waals surface area contributed by atoms with E-state index in [-0.39, 0.29) is 29.4 Å². The molecule has 234 valence electrons. The van der Waals surface area contributed by atoms with Gasteiger partial charge in [0.1, 0.15) is 0 Å². The second-order valence-electron chi connectivity index (χ2n) is 12.1. The van der Waals surface area contributed by atoms with Gasteiger partial charge in [-0.25, -0.2) is 4.98 Å². The van der Waals surface area contributed by atoms with Crippen molar-refractivity contribution in [3.63, 3.8) is 0 Å². The Morgan fingerprint density at radius 1 is 0.420 bits per heavy atom. The van der Waals surface area contributed by atoms with Crippen molar-refractivity contribution in [1.29, 1.82) is 0 Å². The van der Waals surface area contributed by atoms with E-state index in [0.717, 1.165) is 60.4 Å². The molecule has 0 aliphatic heterocycles. The second kappa shape index (κ2) is 11.4. The fourth-order valence-corrected chi connectivity index (χ4v) is 7.18. The van der Waals surface area contributed by atoms with Crippen molar-refractivity contribution in [1.82, 2.24) is 24.1 Å². The average molecular weight is 645 g/mol. The minimum atomic E-state index is -0.484. The molecule has 7 aromatic carbocycles. The number of rotatable bonds is 5. The maximum Gasteiger partial charge on any atom is 0.238 e. The number of nitrogens with zero attached hydrogens (tertiary/aromatic N) is 5. The number of aromatic nitrogens is 5. The first kappa shape index (κ1) is 23.5. The molecule has 50 heavy (non-hydrogen) atoms. The Morgan fingerprint density at radius 3 is 1.82 bits per heavy atom. The van der Waals surface area contributed by atoms with E-state index in [9.17, 15) is 0 Å². The average Bonchev–Trinajstić information content (AvgIpc) is 3.76. The van der Waals surface area contributed by atoms with Gasteiger partial charge in [0.05, 0.1) is 28.9 Å². The predicted octanol–water partition coefficient (Wildman–Crippen LogP) is 11.1. The van der Waals surface area contributed by atoms with Crippen LogP contribution >= 0.6 is 0 Å². The van der Waals surface area contributed by atoms with E-state index < -0.39 is 18.1 Å². The van der Waals surface area contributed by atoms with Gasteiger partial charge in [-0.3, -0.25) is 4.57 Å². The first-order valence-electron chi connectivity index (χ1n) is 18.9. The molecule has 0 radical (unpaired) electrons. The highest BCUT2D eigenvalue weighted by Gasteiger charge is 2.23. The molecule has 0 fully saturated rings. The summed E-state index contributed by atoms with van der Waals surface area (Å²) in [4.78, 5) is 15.2. The normalized spacial score (nSPS) is 13.0. The van der Waals surface area contributed by atoms with E-state index in [4.69, 9.17) is 21.8 Å². The maximum absolute atomic E-state index is 8.93. The van der Waals surface area contributed by atoms with Gasteiger partial charge in [0.15, 0.2) is 11.6 Å². The van der Waals surface area contributed by atoms with Gasteiger partial charge in [-0.2, -0.15) is 9.97 Å². The van der Waals surface area contributed by atoms with Crippen LogP contribution in [0, 0.1) is 0 Å². The van der Waals surface area contributed by atoms with Crippen LogP contribution in [0.1, 0.15) is 6.85 Å². The van der Waals surface area contributed by atoms with Crippen LogP contribution in [0.4, 0.5) is 0 Å². The number of hydrogen-bond donors (Lipinski definition) is 0. The lowest BCUT2D eigenvalue weighted by Crippen LogP contribution is -2.07. The zero-order valence-electron chi connectivity index (χ0n) is 31.6. The standard InChI is InChI=1S/C45H29N5/c1-4-16-30(17-5-1)33-22-10-11-24-36(33)44-46-43(31-18-6-2-7-19-31)47-45(48-44)50-38-26-14-12-23-34(38)35-28-29-40-41(42(35)50)37-25-13-15-27-39(37)49(40)32-20-8-3-9-21-32/h1-29H/i2D,6D,7D,18D,19D. The van der Waals surface area contributed by atoms with Gasteiger partial charge in [0.25, 0.3) is 0 Å². The van der Waals surface area contributed by atoms with E-state index >= 15 is 0 Å². The van der Waals surface area contributed by atoms with Crippen molar-refractivity contribution in [2.24, 2.45) is 0 Å². The topological polar surface area (TPSA) is 48.5 Å². The third-order valence-corrected chi connectivity index (χ3v) is 9.28. The maximum atomic E-state index is 8.93. The van der Waals surface area contributed by atoms with Crippen LogP contribution in [0.2, 0.25) is 0 Å². The zero-order chi connectivity index (χ0) is 37.4. The Hall–Kier alpha value is -6.85. The molecule has 0 saturated carbocycles. The molecular formula is C45H29N5. The molecule has 3 heterocycles. The predicted molar refractivity (Wildman–Crippen MR) is 205 cm³/mol. The monoisotopic (exact) mass is 644 g/mol. The van der Waals surface area contributed by atoms with E-state index in [1.807, 2.05) is 108 Å². The molecule has 5 nitrogen and oxygen atoms in total. The summed E-state index contributed by atoms with van der Waals surface area (Å²) in [7, 11) is 0. The summed E-state index contributed by atoms with van der Waals surface area (Å²) in [5, 5.41) is 4.04. The minimum Gasteiger partial charge on any atom is -0.309 e. The first-order chi connectivity index (χ1) is 26.9. The minimum absolute atomic E-state index is 0.0234. The summed E-state index contributed by atoms with van der Waals surface area (Å²) < 4.78 is 47.5. The van der Waals surface area contributed by atoms with Gasteiger partial charge in [-0.05, 0) is 41.5 Å². The Labute approximate surface area is 295 Å². The largest absolute Gasteiger partial charge is 0.309 e. The first-order valence-corrected chi connectivity index (χ1v) is 16.4. The highest BCUT2D eigenvalue weighted by atomic mass is 15.2. The van der Waals surface area contributed by atoms with Gasteiger partial charge in [0.2, 0.25) is 5.95 Å². The van der Waals surface area contributed by atoms with Gasteiger partial charge in [-0.1, -0.05) is 145 Å². The Bertz CT molecular complexity index is 3130. The lowest BCUT2D eigenvalue weighted by atomic mass is 9.99. The molecule has 10 rings (SSSR count). The van der Waals surface area contributed by atoms with E-state index in [0.29, 0.717) is 11.4 Å². The van der Waals surface area contributed by atoms with Crippen LogP contribution in [0.15, 0.2) is 176 Å². The van der Waals surface area contributed by atoms with Crippen LogP contribution in [0.3, 0.4) is 0 Å². The zero-order valence-corrected chi connectivity index (χ0v) is 26.6. The molecule has 10 aromatic rings. The summed E-state index contributed by atoms with van der Waals surface area (Å²) in [6.45, 7) is 0. The number of hydrogen-bond acceptors (Lipinski definition) is 3. The summed E-state index contributed by atoms with van der Waals surface area (Å²) in [5.41, 5.74) is 7.24. The SMILES string of the molecule is [2H]c1c([2H])c([2H])c(-c2nc(-c3ccccc3-c3ccccc3)nc(-n3c4ccccc4c4ccc5c(c6ccccc6n5-c5ccccc5)c43)n2)c([2H])c1[2H]. The highest BCUT2D eigenvalue weighted by Crippen LogP contribution is 2.42. The van der Waals surface area contributed by atoms with Crippen molar-refractivity contribution in [2.45, 2.75) is 0 Å². The van der Waals surface area contributed by atoms with Gasteiger partial charge < -0.3 is 4.57 Å². The Morgan fingerprint density at radius 2 is 1.04 bits per heavy atom. The molecule has 0 amide bonds. The Balaban J connectivity index is 1.37. The molecular weight excluding hydrogens is 611 g/mol. The third kappa shape index (κ3) is 4.37. The molecule has 0 spiro atoms. The Kier molecular flexibility index (Phi) is 5.35. The second-order valence-corrected chi connectivity index (χ2v) is 12.1. The van der Waals surface area contributed by atoms with Crippen LogP contribution in [0.25, 0.3) is 89.2 Å². The molecule has 0 saturated heterocycles. The number of para-hydroxylation sites is 3. The van der Waals surface area contributed by atoms with E-state index in [1.54, 1.807) is 0 Å². The van der Waals surface area contributed by atoms with Crippen LogP contribution in [-0.2, 0) is 0 Å². The number of benzene rings is 7. The van der Waals surface area contributed by atoms with Crippen LogP contribution < -0.4 is 0 Å². The van der Waals surface area contributed by atoms with E-state index in [2.05, 4.69) is 47.0 Å². The third-order valence-electron chi connectivity index (χ3n) is 9.28. The van der Waals surface area contributed by atoms with Gasteiger partial charge in [0, 0.05) is 38.4 Å². The van der Waals surface area contributed by atoms with Crippen molar-refractivity contribution in [3.8, 4) is 45.5 Å². The molecule has 0 N–H and O–H groups in total. The van der Waals surface area contributed by atoms with Crippen molar-refractivity contribution < 1.29 is 6.85 Å². The summed E-state index contributed by atoms with van der Waals surface area (Å²) in [6, 6.07) is 46.6. The molecule has 0 bridgehead atoms. The number of fused-ring (bicyclic) bond motifs is 7. The fraction of sp³-hybridized carbons (Fsp3) is 0. The highest BCUT2D eigenvalue weighted by molar-refractivity contribution is 6.26. The van der Waals surface area contributed by atoms with Crippen molar-refractivity contribution in [3.05, 3.63) is 176 Å².